The summed E-state index contributed by atoms with van der Waals surface area (Å²) in [7, 11) is 0. The molecule has 0 spiro atoms. The fourth-order valence-electron chi connectivity index (χ4n) is 3.13. The number of anilines is 2. The first-order valence-corrected chi connectivity index (χ1v) is 9.50. The van der Waals surface area contributed by atoms with Gasteiger partial charge in [0.2, 0.25) is 5.91 Å². The van der Waals surface area contributed by atoms with Gasteiger partial charge in [0.1, 0.15) is 5.69 Å². The van der Waals surface area contributed by atoms with Gasteiger partial charge in [-0.05, 0) is 25.8 Å². The first-order chi connectivity index (χ1) is 13.2. The average Bonchev–Trinajstić information content (AvgIpc) is 3.42. The minimum atomic E-state index is -0.110. The summed E-state index contributed by atoms with van der Waals surface area (Å²) >= 11 is 1.56. The normalized spacial score (nSPS) is 16.9. The molecular formula is C18H19N7OS. The van der Waals surface area contributed by atoms with Crippen LogP contribution in [0.3, 0.4) is 0 Å². The number of aryl methyl sites for hydroxylation is 1. The van der Waals surface area contributed by atoms with Gasteiger partial charge in [-0.3, -0.25) is 9.78 Å². The highest BCUT2D eigenvalue weighted by Gasteiger charge is 2.32. The summed E-state index contributed by atoms with van der Waals surface area (Å²) in [5.41, 5.74) is 1.56. The Morgan fingerprint density at radius 3 is 3.00 bits per heavy atom. The number of carbonyl (C=O) groups excluding carboxylic acids is 1. The predicted octanol–water partition coefficient (Wildman–Crippen LogP) is 3.09. The number of nitrogens with zero attached hydrogens (tertiary/aromatic N) is 5. The molecule has 27 heavy (non-hydrogen) atoms. The largest absolute Gasteiger partial charge is 0.345 e. The van der Waals surface area contributed by atoms with Gasteiger partial charge in [0.25, 0.3) is 0 Å². The molecule has 1 aliphatic rings. The van der Waals surface area contributed by atoms with E-state index in [-0.39, 0.29) is 11.9 Å². The van der Waals surface area contributed by atoms with E-state index in [1.54, 1.807) is 48.4 Å². The highest BCUT2D eigenvalue weighted by atomic mass is 32.1. The van der Waals surface area contributed by atoms with E-state index in [1.807, 2.05) is 18.0 Å². The Balaban J connectivity index is 1.56. The molecule has 3 aromatic rings. The minimum absolute atomic E-state index is 0.0474. The van der Waals surface area contributed by atoms with Gasteiger partial charge in [-0.25, -0.2) is 15.0 Å². The van der Waals surface area contributed by atoms with Gasteiger partial charge in [-0.2, -0.15) is 0 Å². The summed E-state index contributed by atoms with van der Waals surface area (Å²) in [6.07, 6.45) is 13.5. The molecule has 1 aliphatic heterocycles. The number of likely N-dealkylation sites (tertiary alicyclic amines) is 1. The summed E-state index contributed by atoms with van der Waals surface area (Å²) in [6, 6.07) is -0.110. The lowest BCUT2D eigenvalue weighted by molar-refractivity contribution is -0.126. The maximum Gasteiger partial charge on any atom is 0.247 e. The van der Waals surface area contributed by atoms with Crippen LogP contribution in [-0.4, -0.2) is 42.3 Å². The second-order valence-corrected chi connectivity index (χ2v) is 7.46. The number of rotatable bonds is 5. The molecule has 1 saturated heterocycles. The quantitative estimate of drug-likeness (QED) is 0.659. The summed E-state index contributed by atoms with van der Waals surface area (Å²) in [5.74, 6) is 0.600. The molecular weight excluding hydrogens is 362 g/mol. The molecule has 3 aromatic heterocycles. The zero-order valence-corrected chi connectivity index (χ0v) is 15.6. The standard InChI is InChI=1S/C18H19N7OS/c1-12-9-22-18(27-12)24-17-16(20-6-7-21-17)14-3-2-8-25(14)15(26)5-4-13-10-19-11-23-13/h4-7,9-11,14H,2-3,8H2,1H3,(H,19,23)(H,21,22,24)/b5-4+/t14-/m0/s1. The van der Waals surface area contributed by atoms with Crippen molar-refractivity contribution in [3.63, 3.8) is 0 Å². The number of amides is 1. The van der Waals surface area contributed by atoms with E-state index in [0.29, 0.717) is 12.4 Å². The molecule has 0 aromatic carbocycles. The van der Waals surface area contributed by atoms with Gasteiger partial charge >= 0.3 is 0 Å². The van der Waals surface area contributed by atoms with Gasteiger partial charge < -0.3 is 15.2 Å². The van der Waals surface area contributed by atoms with E-state index in [1.165, 1.54) is 0 Å². The molecule has 1 fully saturated rings. The number of carbonyl (C=O) groups is 1. The third-order valence-electron chi connectivity index (χ3n) is 4.35. The van der Waals surface area contributed by atoms with Gasteiger partial charge in [-0.1, -0.05) is 0 Å². The van der Waals surface area contributed by atoms with Gasteiger partial charge in [0, 0.05) is 36.1 Å². The van der Waals surface area contributed by atoms with E-state index in [2.05, 4.69) is 30.2 Å². The number of nitrogens with one attached hydrogen (secondary N) is 2. The third kappa shape index (κ3) is 3.87. The Morgan fingerprint density at radius 1 is 1.33 bits per heavy atom. The molecule has 0 bridgehead atoms. The van der Waals surface area contributed by atoms with Crippen LogP contribution in [0.25, 0.3) is 6.08 Å². The van der Waals surface area contributed by atoms with Crippen LogP contribution in [0.1, 0.15) is 35.1 Å². The molecule has 0 aliphatic carbocycles. The van der Waals surface area contributed by atoms with Crippen LogP contribution in [0.15, 0.2) is 37.2 Å². The minimum Gasteiger partial charge on any atom is -0.345 e. The van der Waals surface area contributed by atoms with Crippen LogP contribution in [0.5, 0.6) is 0 Å². The summed E-state index contributed by atoms with van der Waals surface area (Å²) < 4.78 is 0. The number of aromatic nitrogens is 5. The Labute approximate surface area is 160 Å². The molecule has 4 rings (SSSR count). The molecule has 1 atom stereocenters. The van der Waals surface area contributed by atoms with Crippen LogP contribution >= 0.6 is 11.3 Å². The number of imidazole rings is 1. The van der Waals surface area contributed by atoms with E-state index in [9.17, 15) is 4.79 Å². The molecule has 8 nitrogen and oxygen atoms in total. The summed E-state index contributed by atoms with van der Waals surface area (Å²) in [6.45, 7) is 2.70. The second-order valence-electron chi connectivity index (χ2n) is 6.22. The van der Waals surface area contributed by atoms with E-state index >= 15 is 0 Å². The summed E-state index contributed by atoms with van der Waals surface area (Å²) in [5, 5.41) is 4.02. The van der Waals surface area contributed by atoms with Crippen molar-refractivity contribution >= 4 is 34.3 Å². The Kier molecular flexibility index (Phi) is 4.93. The molecule has 0 saturated carbocycles. The predicted molar refractivity (Wildman–Crippen MR) is 103 cm³/mol. The van der Waals surface area contributed by atoms with E-state index in [0.717, 1.165) is 34.2 Å². The van der Waals surface area contributed by atoms with Crippen molar-refractivity contribution in [2.75, 3.05) is 11.9 Å². The average molecular weight is 381 g/mol. The second kappa shape index (κ2) is 7.67. The maximum absolute atomic E-state index is 12.7. The Bertz CT molecular complexity index is 950. The number of thiazole rings is 1. The van der Waals surface area contributed by atoms with Crippen LogP contribution in [0.2, 0.25) is 0 Å². The van der Waals surface area contributed by atoms with E-state index < -0.39 is 0 Å². The van der Waals surface area contributed by atoms with Crippen molar-refractivity contribution < 1.29 is 4.79 Å². The monoisotopic (exact) mass is 381 g/mol. The highest BCUT2D eigenvalue weighted by molar-refractivity contribution is 7.15. The molecule has 4 heterocycles. The molecule has 0 radical (unpaired) electrons. The van der Waals surface area contributed by atoms with Crippen molar-refractivity contribution in [1.29, 1.82) is 0 Å². The SMILES string of the molecule is Cc1cnc(Nc2nccnc2[C@@H]2CCCN2C(=O)/C=C/c2cnc[nH]2)s1. The van der Waals surface area contributed by atoms with Gasteiger partial charge in [0.15, 0.2) is 10.9 Å². The van der Waals surface area contributed by atoms with Crippen LogP contribution < -0.4 is 5.32 Å². The van der Waals surface area contributed by atoms with Crippen LogP contribution in [0.4, 0.5) is 10.9 Å². The van der Waals surface area contributed by atoms with Crippen molar-refractivity contribution in [1.82, 2.24) is 29.8 Å². The number of H-pyrrole nitrogens is 1. The van der Waals surface area contributed by atoms with Crippen molar-refractivity contribution in [2.45, 2.75) is 25.8 Å². The Hall–Kier alpha value is -3.07. The highest BCUT2D eigenvalue weighted by Crippen LogP contribution is 2.35. The number of aromatic amines is 1. The first kappa shape index (κ1) is 17.3. The fourth-order valence-corrected chi connectivity index (χ4v) is 3.80. The van der Waals surface area contributed by atoms with Crippen LogP contribution in [0, 0.1) is 6.92 Å². The zero-order chi connectivity index (χ0) is 18.6. The lowest BCUT2D eigenvalue weighted by Crippen LogP contribution is -2.30. The van der Waals surface area contributed by atoms with Crippen LogP contribution in [-0.2, 0) is 4.79 Å². The fraction of sp³-hybridized carbons (Fsp3) is 0.278. The smallest absolute Gasteiger partial charge is 0.247 e. The van der Waals surface area contributed by atoms with Gasteiger partial charge in [-0.15, -0.1) is 11.3 Å². The van der Waals surface area contributed by atoms with E-state index in [4.69, 9.17) is 0 Å². The van der Waals surface area contributed by atoms with Crippen molar-refractivity contribution in [3.05, 3.63) is 53.5 Å². The van der Waals surface area contributed by atoms with Crippen molar-refractivity contribution in [2.24, 2.45) is 0 Å². The number of hydrogen-bond donors (Lipinski definition) is 2. The van der Waals surface area contributed by atoms with Gasteiger partial charge in [0.05, 0.1) is 24.3 Å². The Morgan fingerprint density at radius 2 is 2.22 bits per heavy atom. The maximum atomic E-state index is 12.7. The third-order valence-corrected chi connectivity index (χ3v) is 5.18. The lowest BCUT2D eigenvalue weighted by Gasteiger charge is -2.24. The first-order valence-electron chi connectivity index (χ1n) is 8.68. The summed E-state index contributed by atoms with van der Waals surface area (Å²) in [4.78, 5) is 35.9. The molecule has 138 valence electrons. The zero-order valence-electron chi connectivity index (χ0n) is 14.8. The molecule has 1 amide bonds. The molecule has 2 N–H and O–H groups in total. The topological polar surface area (TPSA) is 99.7 Å². The van der Waals surface area contributed by atoms with Crippen molar-refractivity contribution in [3.8, 4) is 0 Å². The molecule has 0 unspecified atom stereocenters. The number of hydrogen-bond acceptors (Lipinski definition) is 7. The molecule has 9 heteroatoms. The lowest BCUT2D eigenvalue weighted by atomic mass is 10.1.